The van der Waals surface area contributed by atoms with Crippen molar-refractivity contribution in [1.29, 1.82) is 0 Å². The van der Waals surface area contributed by atoms with Crippen molar-refractivity contribution in [2.75, 3.05) is 4.90 Å². The molecule has 0 bridgehead atoms. The van der Waals surface area contributed by atoms with Gasteiger partial charge in [-0.3, -0.25) is 0 Å². The van der Waals surface area contributed by atoms with E-state index in [0.717, 1.165) is 21.5 Å². The van der Waals surface area contributed by atoms with Crippen LogP contribution in [0.25, 0.3) is 33.4 Å². The summed E-state index contributed by atoms with van der Waals surface area (Å²) in [4.78, 5) is 2.32. The first kappa shape index (κ1) is 24.0. The molecule has 0 fully saturated rings. The van der Waals surface area contributed by atoms with Gasteiger partial charge in [0.1, 0.15) is 0 Å². The molecule has 0 atom stereocenters. The largest absolute Gasteiger partial charge is 0.310 e. The fraction of sp³-hybridized carbons (Fsp3) is 0. The molecule has 0 radical (unpaired) electrons. The molecule has 182 valence electrons. The second-order valence-electron chi connectivity index (χ2n) is 9.22. The van der Waals surface area contributed by atoms with E-state index in [4.69, 9.17) is 0 Å². The number of nitrogens with zero attached hydrogens (tertiary/aromatic N) is 1. The normalized spacial score (nSPS) is 10.8. The summed E-state index contributed by atoms with van der Waals surface area (Å²) in [5.74, 6) is 0. The molecule has 0 aromatic heterocycles. The third-order valence-electron chi connectivity index (χ3n) is 6.73. The molecule has 0 saturated carbocycles. The Hall–Kier alpha value is -4.40. The topological polar surface area (TPSA) is 3.24 Å². The number of hydrogen-bond acceptors (Lipinski definition) is 1. The van der Waals surface area contributed by atoms with Crippen LogP contribution in [0.3, 0.4) is 0 Å². The number of rotatable bonds is 6. The van der Waals surface area contributed by atoms with Gasteiger partial charge >= 0.3 is 0 Å². The van der Waals surface area contributed by atoms with Crippen LogP contribution in [0, 0.1) is 0 Å². The Morgan fingerprint density at radius 2 is 0.737 bits per heavy atom. The van der Waals surface area contributed by atoms with Crippen molar-refractivity contribution < 1.29 is 0 Å². The highest BCUT2D eigenvalue weighted by atomic mass is 79.9. The number of hydrogen-bond donors (Lipinski definition) is 0. The summed E-state index contributed by atoms with van der Waals surface area (Å²) in [7, 11) is 0. The Kier molecular flexibility index (Phi) is 6.89. The Bertz CT molecular complexity index is 1560. The first-order chi connectivity index (χ1) is 18.7. The minimum Gasteiger partial charge on any atom is -0.310 e. The van der Waals surface area contributed by atoms with Crippen LogP contribution in [-0.2, 0) is 0 Å². The first-order valence-corrected chi connectivity index (χ1v) is 13.5. The summed E-state index contributed by atoms with van der Waals surface area (Å²) in [5, 5.41) is 0. The van der Waals surface area contributed by atoms with Gasteiger partial charge in [-0.25, -0.2) is 0 Å². The summed E-state index contributed by atoms with van der Waals surface area (Å²) in [5.41, 5.74) is 10.5. The quantitative estimate of drug-likeness (QED) is 0.199. The Labute approximate surface area is 232 Å². The van der Waals surface area contributed by atoms with Gasteiger partial charge in [0.2, 0.25) is 0 Å². The zero-order valence-electron chi connectivity index (χ0n) is 20.8. The van der Waals surface area contributed by atoms with Gasteiger partial charge in [-0.2, -0.15) is 0 Å². The molecule has 0 aliphatic rings. The number of halogens is 1. The third kappa shape index (κ3) is 5.18. The SMILES string of the molecule is Brc1cccc(-c2cccc(N(c3ccc(-c4ccccc4)cc3)c3ccc(-c4ccccc4)cc3)c2)c1. The molecule has 6 rings (SSSR count). The van der Waals surface area contributed by atoms with Crippen LogP contribution in [0.4, 0.5) is 17.1 Å². The van der Waals surface area contributed by atoms with E-state index in [1.165, 1.54) is 33.4 Å². The van der Waals surface area contributed by atoms with Gasteiger partial charge in [-0.15, -0.1) is 0 Å². The zero-order valence-corrected chi connectivity index (χ0v) is 22.4. The van der Waals surface area contributed by atoms with Crippen LogP contribution in [0.5, 0.6) is 0 Å². The Morgan fingerprint density at radius 1 is 0.316 bits per heavy atom. The highest BCUT2D eigenvalue weighted by Gasteiger charge is 2.14. The fourth-order valence-corrected chi connectivity index (χ4v) is 5.21. The van der Waals surface area contributed by atoms with Gasteiger partial charge in [-0.1, -0.05) is 125 Å². The maximum absolute atomic E-state index is 3.62. The van der Waals surface area contributed by atoms with Gasteiger partial charge in [0.05, 0.1) is 0 Å². The average Bonchev–Trinajstić information content (AvgIpc) is 2.99. The van der Waals surface area contributed by atoms with E-state index in [9.17, 15) is 0 Å². The second kappa shape index (κ2) is 10.9. The molecule has 0 N–H and O–H groups in total. The van der Waals surface area contributed by atoms with Crippen molar-refractivity contribution in [2.24, 2.45) is 0 Å². The summed E-state index contributed by atoms with van der Waals surface area (Å²) in [6.45, 7) is 0. The lowest BCUT2D eigenvalue weighted by Gasteiger charge is -2.26. The predicted molar refractivity (Wildman–Crippen MR) is 165 cm³/mol. The third-order valence-corrected chi connectivity index (χ3v) is 7.22. The zero-order chi connectivity index (χ0) is 25.7. The maximum atomic E-state index is 3.62. The van der Waals surface area contributed by atoms with E-state index in [1.54, 1.807) is 0 Å². The molecule has 0 heterocycles. The predicted octanol–water partition coefficient (Wildman–Crippen LogP) is 10.9. The van der Waals surface area contributed by atoms with Gasteiger partial charge in [0.15, 0.2) is 0 Å². The molecular formula is C36H26BrN. The lowest BCUT2D eigenvalue weighted by Crippen LogP contribution is -2.10. The van der Waals surface area contributed by atoms with E-state index in [2.05, 4.69) is 179 Å². The minimum atomic E-state index is 1.07. The molecule has 6 aromatic rings. The fourth-order valence-electron chi connectivity index (χ4n) is 4.81. The maximum Gasteiger partial charge on any atom is 0.0467 e. The highest BCUT2D eigenvalue weighted by molar-refractivity contribution is 9.10. The van der Waals surface area contributed by atoms with Crippen LogP contribution in [-0.4, -0.2) is 0 Å². The summed E-state index contributed by atoms with van der Waals surface area (Å²) in [6.07, 6.45) is 0. The van der Waals surface area contributed by atoms with Gasteiger partial charge < -0.3 is 4.90 Å². The Balaban J connectivity index is 1.43. The van der Waals surface area contributed by atoms with Crippen molar-refractivity contribution in [3.63, 3.8) is 0 Å². The van der Waals surface area contributed by atoms with Crippen molar-refractivity contribution in [3.05, 3.63) is 162 Å². The van der Waals surface area contributed by atoms with Gasteiger partial charge in [0, 0.05) is 21.5 Å². The molecule has 0 spiro atoms. The molecule has 0 amide bonds. The molecule has 6 aromatic carbocycles. The summed E-state index contributed by atoms with van der Waals surface area (Å²) >= 11 is 3.62. The van der Waals surface area contributed by atoms with Crippen LogP contribution >= 0.6 is 15.9 Å². The molecule has 0 aliphatic heterocycles. The van der Waals surface area contributed by atoms with Gasteiger partial charge in [0.25, 0.3) is 0 Å². The van der Waals surface area contributed by atoms with Crippen LogP contribution in [0.2, 0.25) is 0 Å². The summed E-state index contributed by atoms with van der Waals surface area (Å²) in [6, 6.07) is 55.9. The molecule has 1 nitrogen and oxygen atoms in total. The molecule has 38 heavy (non-hydrogen) atoms. The van der Waals surface area contributed by atoms with Crippen molar-refractivity contribution in [1.82, 2.24) is 0 Å². The number of benzene rings is 6. The molecule has 0 saturated heterocycles. The van der Waals surface area contributed by atoms with E-state index in [1.807, 2.05) is 0 Å². The smallest absolute Gasteiger partial charge is 0.0467 e. The number of anilines is 3. The van der Waals surface area contributed by atoms with Crippen LogP contribution in [0.1, 0.15) is 0 Å². The lowest BCUT2D eigenvalue weighted by atomic mass is 10.0. The first-order valence-electron chi connectivity index (χ1n) is 12.7. The van der Waals surface area contributed by atoms with Crippen molar-refractivity contribution in [3.8, 4) is 33.4 Å². The summed E-state index contributed by atoms with van der Waals surface area (Å²) < 4.78 is 1.07. The van der Waals surface area contributed by atoms with Gasteiger partial charge in [-0.05, 0) is 81.9 Å². The minimum absolute atomic E-state index is 1.07. The molecule has 0 aliphatic carbocycles. The van der Waals surface area contributed by atoms with E-state index in [-0.39, 0.29) is 0 Å². The van der Waals surface area contributed by atoms with Crippen molar-refractivity contribution >= 4 is 33.0 Å². The monoisotopic (exact) mass is 551 g/mol. The van der Waals surface area contributed by atoms with Crippen LogP contribution < -0.4 is 4.90 Å². The second-order valence-corrected chi connectivity index (χ2v) is 10.1. The lowest BCUT2D eigenvalue weighted by molar-refractivity contribution is 1.28. The van der Waals surface area contributed by atoms with Crippen molar-refractivity contribution in [2.45, 2.75) is 0 Å². The van der Waals surface area contributed by atoms with E-state index in [0.29, 0.717) is 0 Å². The average molecular weight is 553 g/mol. The molecule has 2 heteroatoms. The van der Waals surface area contributed by atoms with Crippen LogP contribution in [0.15, 0.2) is 162 Å². The standard InChI is InChI=1S/C36H26BrN/c37-33-15-7-13-31(25-33)32-14-8-16-36(26-32)38(34-21-17-29(18-22-34)27-9-3-1-4-10-27)35-23-19-30(20-24-35)28-11-5-2-6-12-28/h1-26H. The molecule has 0 unspecified atom stereocenters. The highest BCUT2D eigenvalue weighted by Crippen LogP contribution is 2.38. The molecular weight excluding hydrogens is 526 g/mol. The Morgan fingerprint density at radius 3 is 1.24 bits per heavy atom. The van der Waals surface area contributed by atoms with E-state index < -0.39 is 0 Å². The van der Waals surface area contributed by atoms with E-state index >= 15 is 0 Å².